The van der Waals surface area contributed by atoms with Crippen LogP contribution in [0.4, 0.5) is 13.6 Å². The molecule has 0 aromatic heterocycles. The number of ether oxygens (including phenoxy) is 1. The molecular weight excluding hydrogens is 426 g/mol. The normalized spacial score (nSPS) is 19.8. The summed E-state index contributed by atoms with van der Waals surface area (Å²) >= 11 is 0. The SMILES string of the molecule is CCOC(=O)N1CCC[C@@H](NS(C)(=O)=O)[C@H]1C(F)(F)c1cccc(-c2ccccc2)c1. The van der Waals surface area contributed by atoms with E-state index in [4.69, 9.17) is 4.74 Å². The van der Waals surface area contributed by atoms with Crippen LogP contribution in [0.1, 0.15) is 25.3 Å². The summed E-state index contributed by atoms with van der Waals surface area (Å²) in [4.78, 5) is 13.4. The van der Waals surface area contributed by atoms with Crippen LogP contribution in [-0.2, 0) is 20.7 Å². The minimum absolute atomic E-state index is 0.0291. The zero-order chi connectivity index (χ0) is 22.6. The molecule has 0 bridgehead atoms. The molecule has 0 spiro atoms. The molecule has 1 fully saturated rings. The van der Waals surface area contributed by atoms with Crippen molar-refractivity contribution in [1.29, 1.82) is 0 Å². The van der Waals surface area contributed by atoms with E-state index in [9.17, 15) is 13.2 Å². The van der Waals surface area contributed by atoms with E-state index < -0.39 is 34.1 Å². The molecule has 2 aromatic rings. The van der Waals surface area contributed by atoms with Gasteiger partial charge in [-0.1, -0.05) is 48.5 Å². The van der Waals surface area contributed by atoms with Gasteiger partial charge in [-0.15, -0.1) is 0 Å². The van der Waals surface area contributed by atoms with Gasteiger partial charge in [-0.2, -0.15) is 8.78 Å². The van der Waals surface area contributed by atoms with Gasteiger partial charge >= 0.3 is 6.09 Å². The van der Waals surface area contributed by atoms with Gasteiger partial charge in [0.05, 0.1) is 12.9 Å². The molecule has 1 saturated heterocycles. The van der Waals surface area contributed by atoms with Crippen LogP contribution in [0.2, 0.25) is 0 Å². The van der Waals surface area contributed by atoms with Gasteiger partial charge in [-0.25, -0.2) is 17.9 Å². The van der Waals surface area contributed by atoms with E-state index in [1.54, 1.807) is 13.0 Å². The number of alkyl halides is 2. The summed E-state index contributed by atoms with van der Waals surface area (Å²) in [6, 6.07) is 12.2. The van der Waals surface area contributed by atoms with Gasteiger partial charge in [0.25, 0.3) is 5.92 Å². The standard InChI is InChI=1S/C22H26F2N2O4S/c1-3-30-21(27)26-14-8-13-19(25-31(2,28)29)20(26)22(23,24)18-12-7-11-17(15-18)16-9-5-4-6-10-16/h4-7,9-12,15,19-20,25H,3,8,13-14H2,1-2H3/t19-,20+/m1/s1. The largest absolute Gasteiger partial charge is 0.450 e. The molecule has 31 heavy (non-hydrogen) atoms. The predicted octanol–water partition coefficient (Wildman–Crippen LogP) is 3.98. The number of sulfonamides is 1. The Balaban J connectivity index is 2.05. The first-order valence-corrected chi connectivity index (χ1v) is 12.0. The van der Waals surface area contributed by atoms with Crippen LogP contribution in [0, 0.1) is 0 Å². The fourth-order valence-electron chi connectivity index (χ4n) is 3.96. The molecule has 0 saturated carbocycles. The number of piperidine rings is 1. The first kappa shape index (κ1) is 23.1. The Labute approximate surface area is 181 Å². The Morgan fingerprint density at radius 3 is 2.48 bits per heavy atom. The van der Waals surface area contributed by atoms with Crippen LogP contribution in [0.3, 0.4) is 0 Å². The van der Waals surface area contributed by atoms with E-state index in [1.807, 2.05) is 30.3 Å². The summed E-state index contributed by atoms with van der Waals surface area (Å²) in [7, 11) is -3.77. The molecule has 1 N–H and O–H groups in total. The highest BCUT2D eigenvalue weighted by Crippen LogP contribution is 2.41. The maximum atomic E-state index is 15.9. The van der Waals surface area contributed by atoms with E-state index in [-0.39, 0.29) is 25.1 Å². The van der Waals surface area contributed by atoms with E-state index in [0.29, 0.717) is 12.0 Å². The quantitative estimate of drug-likeness (QED) is 0.719. The second-order valence-corrected chi connectivity index (χ2v) is 9.33. The fraction of sp³-hybridized carbons (Fsp3) is 0.409. The smallest absolute Gasteiger partial charge is 0.410 e. The van der Waals surface area contributed by atoms with Gasteiger partial charge < -0.3 is 4.74 Å². The molecule has 1 aliphatic rings. The molecule has 0 unspecified atom stereocenters. The number of likely N-dealkylation sites (tertiary alicyclic amines) is 1. The highest BCUT2D eigenvalue weighted by Gasteiger charge is 2.53. The van der Waals surface area contributed by atoms with Crippen molar-refractivity contribution < 1.29 is 26.7 Å². The molecule has 0 radical (unpaired) electrons. The molecule has 9 heteroatoms. The summed E-state index contributed by atoms with van der Waals surface area (Å²) in [6.07, 6.45) is 0.595. The van der Waals surface area contributed by atoms with Gasteiger partial charge in [0.2, 0.25) is 10.0 Å². The molecule has 6 nitrogen and oxygen atoms in total. The van der Waals surface area contributed by atoms with Crippen LogP contribution in [-0.4, -0.2) is 50.9 Å². The monoisotopic (exact) mass is 452 g/mol. The third-order valence-electron chi connectivity index (χ3n) is 5.22. The maximum Gasteiger partial charge on any atom is 0.410 e. The molecule has 2 atom stereocenters. The maximum absolute atomic E-state index is 15.9. The van der Waals surface area contributed by atoms with Crippen molar-refractivity contribution in [2.24, 2.45) is 0 Å². The van der Waals surface area contributed by atoms with Crippen molar-refractivity contribution in [2.45, 2.75) is 37.8 Å². The van der Waals surface area contributed by atoms with Crippen LogP contribution in [0.5, 0.6) is 0 Å². The Hall–Kier alpha value is -2.52. The summed E-state index contributed by atoms with van der Waals surface area (Å²) in [6.45, 7) is 1.67. The van der Waals surface area contributed by atoms with E-state index >= 15 is 8.78 Å². The minimum atomic E-state index is -3.77. The van der Waals surface area contributed by atoms with Crippen LogP contribution >= 0.6 is 0 Å². The molecule has 1 aliphatic heterocycles. The Morgan fingerprint density at radius 2 is 1.84 bits per heavy atom. The first-order valence-electron chi connectivity index (χ1n) is 10.1. The highest BCUT2D eigenvalue weighted by atomic mass is 32.2. The number of rotatable bonds is 6. The number of carbonyl (C=O) groups is 1. The number of nitrogens with zero attached hydrogens (tertiary/aromatic N) is 1. The zero-order valence-corrected chi connectivity index (χ0v) is 18.2. The molecule has 1 amide bonds. The number of carbonyl (C=O) groups excluding carboxylic acids is 1. The molecule has 1 heterocycles. The number of nitrogens with one attached hydrogen (secondary N) is 1. The summed E-state index contributed by atoms with van der Waals surface area (Å²) in [5.41, 5.74) is 1.08. The van der Waals surface area contributed by atoms with Gasteiger partial charge in [0.15, 0.2) is 0 Å². The summed E-state index contributed by atoms with van der Waals surface area (Å²) < 4.78 is 62.9. The first-order chi connectivity index (χ1) is 14.6. The van der Waals surface area contributed by atoms with Crippen LogP contribution in [0.15, 0.2) is 54.6 Å². The van der Waals surface area contributed by atoms with Crippen molar-refractivity contribution in [3.8, 4) is 11.1 Å². The summed E-state index contributed by atoms with van der Waals surface area (Å²) in [5.74, 6) is -3.53. The fourth-order valence-corrected chi connectivity index (χ4v) is 4.76. The molecule has 0 aliphatic carbocycles. The van der Waals surface area contributed by atoms with Crippen molar-refractivity contribution in [3.63, 3.8) is 0 Å². The van der Waals surface area contributed by atoms with Gasteiger partial charge in [-0.3, -0.25) is 4.90 Å². The number of halogens is 2. The predicted molar refractivity (Wildman–Crippen MR) is 114 cm³/mol. The van der Waals surface area contributed by atoms with Crippen LogP contribution < -0.4 is 4.72 Å². The lowest BCUT2D eigenvalue weighted by Gasteiger charge is -2.44. The topological polar surface area (TPSA) is 75.7 Å². The second-order valence-electron chi connectivity index (χ2n) is 7.55. The van der Waals surface area contributed by atoms with E-state index in [1.165, 1.54) is 18.2 Å². The zero-order valence-electron chi connectivity index (χ0n) is 17.4. The number of benzene rings is 2. The van der Waals surface area contributed by atoms with E-state index in [0.717, 1.165) is 16.7 Å². The molecule has 2 aromatic carbocycles. The lowest BCUT2D eigenvalue weighted by molar-refractivity contribution is -0.103. The molecule has 3 rings (SSSR count). The van der Waals surface area contributed by atoms with Gasteiger partial charge in [0, 0.05) is 18.2 Å². The number of amides is 1. The number of hydrogen-bond acceptors (Lipinski definition) is 4. The van der Waals surface area contributed by atoms with E-state index in [2.05, 4.69) is 4.72 Å². The van der Waals surface area contributed by atoms with Crippen molar-refractivity contribution >= 4 is 16.1 Å². The molecular formula is C22H26F2N2O4S. The summed E-state index contributed by atoms with van der Waals surface area (Å²) in [5, 5.41) is 0. The lowest BCUT2D eigenvalue weighted by Crippen LogP contribution is -2.62. The lowest BCUT2D eigenvalue weighted by atomic mass is 9.87. The average Bonchev–Trinajstić information content (AvgIpc) is 2.73. The Morgan fingerprint density at radius 1 is 1.16 bits per heavy atom. The Kier molecular flexibility index (Phi) is 6.96. The van der Waals surface area contributed by atoms with Crippen molar-refractivity contribution in [1.82, 2.24) is 9.62 Å². The highest BCUT2D eigenvalue weighted by molar-refractivity contribution is 7.88. The minimum Gasteiger partial charge on any atom is -0.450 e. The van der Waals surface area contributed by atoms with Gasteiger partial charge in [-0.05, 0) is 37.0 Å². The van der Waals surface area contributed by atoms with Crippen molar-refractivity contribution in [2.75, 3.05) is 19.4 Å². The Bertz CT molecular complexity index is 1020. The molecule has 168 valence electrons. The van der Waals surface area contributed by atoms with Gasteiger partial charge in [0.1, 0.15) is 6.04 Å². The number of hydrogen-bond donors (Lipinski definition) is 1. The van der Waals surface area contributed by atoms with Crippen molar-refractivity contribution in [3.05, 3.63) is 60.2 Å². The van der Waals surface area contributed by atoms with Crippen LogP contribution in [0.25, 0.3) is 11.1 Å². The third kappa shape index (κ3) is 5.40. The third-order valence-corrected chi connectivity index (χ3v) is 5.96. The average molecular weight is 453 g/mol. The second kappa shape index (κ2) is 9.32.